The maximum Gasteiger partial charge on any atom is 0.335 e. The Morgan fingerprint density at radius 3 is 1.66 bits per heavy atom. The third-order valence-corrected chi connectivity index (χ3v) is 5.90. The van der Waals surface area contributed by atoms with E-state index >= 15 is 0 Å². The molecule has 0 spiro atoms. The van der Waals surface area contributed by atoms with Gasteiger partial charge in [0.2, 0.25) is 0 Å². The SMILES string of the molecule is CC(CCCc1ccccc1)C(=O)O.CC(CCCc1ccccc1)C(=O)ON1C(=O)CCC1=O. The molecule has 2 aromatic rings. The minimum atomic E-state index is -0.696. The number of imide groups is 1. The van der Waals surface area contributed by atoms with Gasteiger partial charge in [-0.3, -0.25) is 14.4 Å². The molecular weight excluding hydrogens is 446 g/mol. The summed E-state index contributed by atoms with van der Waals surface area (Å²) in [6.45, 7) is 3.51. The first-order valence-corrected chi connectivity index (χ1v) is 12.2. The van der Waals surface area contributed by atoms with Gasteiger partial charge in [-0.15, -0.1) is 5.06 Å². The third kappa shape index (κ3) is 10.1. The van der Waals surface area contributed by atoms with Crippen molar-refractivity contribution in [2.45, 2.75) is 65.2 Å². The van der Waals surface area contributed by atoms with Crippen LogP contribution in [-0.2, 0) is 36.9 Å². The molecule has 3 rings (SSSR count). The second kappa shape index (κ2) is 14.7. The molecule has 0 saturated carbocycles. The Labute approximate surface area is 207 Å². The van der Waals surface area contributed by atoms with Crippen LogP contribution in [0.3, 0.4) is 0 Å². The predicted octanol–water partition coefficient (Wildman–Crippen LogP) is 4.98. The van der Waals surface area contributed by atoms with Gasteiger partial charge in [-0.1, -0.05) is 74.5 Å². The Kier molecular flexibility index (Phi) is 11.7. The van der Waals surface area contributed by atoms with Gasteiger partial charge in [-0.25, -0.2) is 4.79 Å². The largest absolute Gasteiger partial charge is 0.481 e. The minimum absolute atomic E-state index is 0.120. The van der Waals surface area contributed by atoms with Crippen molar-refractivity contribution in [3.05, 3.63) is 71.8 Å². The number of carbonyl (C=O) groups is 4. The van der Waals surface area contributed by atoms with E-state index in [2.05, 4.69) is 12.1 Å². The summed E-state index contributed by atoms with van der Waals surface area (Å²) in [5.41, 5.74) is 2.51. The van der Waals surface area contributed by atoms with Crippen molar-refractivity contribution >= 4 is 23.8 Å². The van der Waals surface area contributed by atoms with E-state index in [1.54, 1.807) is 13.8 Å². The van der Waals surface area contributed by atoms with Gasteiger partial charge in [-0.2, -0.15) is 0 Å². The molecule has 2 unspecified atom stereocenters. The number of carbonyl (C=O) groups excluding carboxylic acids is 3. The lowest BCUT2D eigenvalue weighted by molar-refractivity contribution is -0.200. The number of aryl methyl sites for hydroxylation is 2. The van der Waals surface area contributed by atoms with Gasteiger partial charge in [0.05, 0.1) is 11.8 Å². The molecule has 0 radical (unpaired) electrons. The van der Waals surface area contributed by atoms with Crippen molar-refractivity contribution in [1.82, 2.24) is 5.06 Å². The fourth-order valence-corrected chi connectivity index (χ4v) is 3.59. The van der Waals surface area contributed by atoms with Crippen LogP contribution in [0.5, 0.6) is 0 Å². The van der Waals surface area contributed by atoms with Crippen LogP contribution in [0.25, 0.3) is 0 Å². The van der Waals surface area contributed by atoms with Gasteiger partial charge in [0.25, 0.3) is 11.8 Å². The number of hydrogen-bond donors (Lipinski definition) is 1. The average Bonchev–Trinajstić information content (AvgIpc) is 3.17. The summed E-state index contributed by atoms with van der Waals surface area (Å²) in [6, 6.07) is 20.2. The topological polar surface area (TPSA) is 101 Å². The second-order valence-corrected chi connectivity index (χ2v) is 8.89. The highest BCUT2D eigenvalue weighted by molar-refractivity contribution is 6.01. The maximum atomic E-state index is 11.9. The summed E-state index contributed by atoms with van der Waals surface area (Å²) in [6.07, 6.45) is 5.30. The van der Waals surface area contributed by atoms with Crippen molar-refractivity contribution in [1.29, 1.82) is 0 Å². The highest BCUT2D eigenvalue weighted by Crippen LogP contribution is 2.17. The summed E-state index contributed by atoms with van der Waals surface area (Å²) in [5, 5.41) is 9.29. The van der Waals surface area contributed by atoms with Gasteiger partial charge in [0, 0.05) is 12.8 Å². The van der Waals surface area contributed by atoms with Crippen molar-refractivity contribution in [2.24, 2.45) is 11.8 Å². The second-order valence-electron chi connectivity index (χ2n) is 8.89. The Balaban J connectivity index is 0.000000269. The minimum Gasteiger partial charge on any atom is -0.481 e. The Bertz CT molecular complexity index is 944. The molecule has 35 heavy (non-hydrogen) atoms. The average molecular weight is 482 g/mol. The van der Waals surface area contributed by atoms with Crippen LogP contribution in [-0.4, -0.2) is 33.9 Å². The zero-order valence-corrected chi connectivity index (χ0v) is 20.5. The smallest absolute Gasteiger partial charge is 0.335 e. The number of hydroxylamine groups is 2. The van der Waals surface area contributed by atoms with E-state index in [0.717, 1.165) is 32.1 Å². The first-order valence-electron chi connectivity index (χ1n) is 12.2. The van der Waals surface area contributed by atoms with Crippen LogP contribution in [0.15, 0.2) is 60.7 Å². The Morgan fingerprint density at radius 1 is 0.800 bits per heavy atom. The van der Waals surface area contributed by atoms with Crippen LogP contribution in [0.4, 0.5) is 0 Å². The zero-order valence-electron chi connectivity index (χ0n) is 20.5. The van der Waals surface area contributed by atoms with Crippen molar-refractivity contribution in [3.8, 4) is 0 Å². The molecule has 188 valence electrons. The normalized spacial score (nSPS) is 14.6. The molecule has 1 N–H and O–H groups in total. The van der Waals surface area contributed by atoms with Crippen LogP contribution in [0.2, 0.25) is 0 Å². The number of rotatable bonds is 11. The fraction of sp³-hybridized carbons (Fsp3) is 0.429. The summed E-state index contributed by atoms with van der Waals surface area (Å²) in [7, 11) is 0. The molecule has 0 bridgehead atoms. The summed E-state index contributed by atoms with van der Waals surface area (Å²) >= 11 is 0. The summed E-state index contributed by atoms with van der Waals surface area (Å²) in [4.78, 5) is 50.0. The highest BCUT2D eigenvalue weighted by atomic mass is 16.7. The molecule has 0 aliphatic carbocycles. The van der Waals surface area contributed by atoms with Crippen LogP contribution >= 0.6 is 0 Å². The van der Waals surface area contributed by atoms with E-state index in [9.17, 15) is 19.2 Å². The first kappa shape index (κ1) is 27.8. The van der Waals surface area contributed by atoms with E-state index in [4.69, 9.17) is 9.94 Å². The van der Waals surface area contributed by atoms with Crippen LogP contribution < -0.4 is 0 Å². The van der Waals surface area contributed by atoms with Crippen molar-refractivity contribution < 1.29 is 29.1 Å². The van der Waals surface area contributed by atoms with Gasteiger partial charge in [-0.05, 0) is 49.7 Å². The first-order chi connectivity index (χ1) is 16.8. The molecule has 1 saturated heterocycles. The molecule has 7 nitrogen and oxygen atoms in total. The van der Waals surface area contributed by atoms with Gasteiger partial charge in [0.15, 0.2) is 0 Å². The summed E-state index contributed by atoms with van der Waals surface area (Å²) < 4.78 is 0. The molecule has 1 aliphatic heterocycles. The molecule has 1 aliphatic rings. The molecule has 2 amide bonds. The number of carboxylic acids is 1. The van der Waals surface area contributed by atoms with E-state index in [1.807, 2.05) is 48.5 Å². The van der Waals surface area contributed by atoms with E-state index < -0.39 is 23.8 Å². The lowest BCUT2D eigenvalue weighted by Crippen LogP contribution is -2.34. The number of hydrogen-bond acceptors (Lipinski definition) is 5. The Morgan fingerprint density at radius 2 is 1.23 bits per heavy atom. The third-order valence-electron chi connectivity index (χ3n) is 5.90. The van der Waals surface area contributed by atoms with Gasteiger partial charge in [0.1, 0.15) is 0 Å². The number of amides is 2. The molecular formula is C28H35NO6. The fourth-order valence-electron chi connectivity index (χ4n) is 3.59. The number of aliphatic carboxylic acids is 1. The van der Waals surface area contributed by atoms with E-state index in [1.165, 1.54) is 11.1 Å². The molecule has 2 atom stereocenters. The molecule has 7 heteroatoms. The number of nitrogens with zero attached hydrogens (tertiary/aromatic N) is 1. The maximum absolute atomic E-state index is 11.9. The van der Waals surface area contributed by atoms with Crippen LogP contribution in [0, 0.1) is 11.8 Å². The summed E-state index contributed by atoms with van der Waals surface area (Å²) in [5.74, 6) is -2.66. The quantitative estimate of drug-likeness (QED) is 0.454. The van der Waals surface area contributed by atoms with E-state index in [0.29, 0.717) is 11.5 Å². The lowest BCUT2D eigenvalue weighted by Gasteiger charge is -2.16. The Hall–Kier alpha value is -3.48. The van der Waals surface area contributed by atoms with Gasteiger partial charge >= 0.3 is 11.9 Å². The zero-order chi connectivity index (χ0) is 25.6. The predicted molar refractivity (Wildman–Crippen MR) is 132 cm³/mol. The molecule has 1 heterocycles. The molecule has 0 aromatic heterocycles. The molecule has 2 aromatic carbocycles. The van der Waals surface area contributed by atoms with Crippen LogP contribution in [0.1, 0.15) is 63.5 Å². The number of benzene rings is 2. The highest BCUT2D eigenvalue weighted by Gasteiger charge is 2.33. The molecule has 1 fully saturated rings. The monoisotopic (exact) mass is 481 g/mol. The standard InChI is InChI=1S/C16H19NO4.C12H16O2/c1-12(6-5-9-13-7-3-2-4-8-13)16(20)21-17-14(18)10-11-15(17)19;1-10(12(13)14)6-5-9-11-7-3-2-4-8-11/h2-4,7-8,12H,5-6,9-11H2,1H3;2-4,7-8,10H,5-6,9H2,1H3,(H,13,14). The van der Waals surface area contributed by atoms with Crippen molar-refractivity contribution in [2.75, 3.05) is 0 Å². The number of carboxylic acid groups (broad SMARTS) is 1. The van der Waals surface area contributed by atoms with E-state index in [-0.39, 0.29) is 24.7 Å². The lowest BCUT2D eigenvalue weighted by atomic mass is 10.0. The van der Waals surface area contributed by atoms with Crippen molar-refractivity contribution in [3.63, 3.8) is 0 Å². The van der Waals surface area contributed by atoms with Gasteiger partial charge < -0.3 is 9.94 Å².